The molecule has 1 N–H and O–H groups in total. The number of aromatic nitrogens is 1. The lowest BCUT2D eigenvalue weighted by atomic mass is 10.1. The Morgan fingerprint density at radius 1 is 1.50 bits per heavy atom. The number of rotatable bonds is 4. The van der Waals surface area contributed by atoms with Gasteiger partial charge in [-0.1, -0.05) is 15.9 Å². The summed E-state index contributed by atoms with van der Waals surface area (Å²) in [7, 11) is 3.06. The molecular formula is C9H12BrNO3. The van der Waals surface area contributed by atoms with Crippen molar-refractivity contribution in [2.24, 2.45) is 0 Å². The molecule has 5 heteroatoms. The maximum atomic E-state index is 9.65. The normalized spacial score (nSPS) is 12.3. The number of alkyl halides is 1. The van der Waals surface area contributed by atoms with E-state index in [4.69, 9.17) is 9.47 Å². The highest BCUT2D eigenvalue weighted by atomic mass is 79.9. The standard InChI is InChI=1S/C9H12BrNO3/c1-13-8-5-11-9(14-2)3-6(8)7(12)4-10/h3,5,7,12H,4H2,1-2H3. The highest BCUT2D eigenvalue weighted by Gasteiger charge is 2.13. The Hall–Kier alpha value is -0.810. The van der Waals surface area contributed by atoms with Crippen molar-refractivity contribution in [1.29, 1.82) is 0 Å². The van der Waals surface area contributed by atoms with Crippen molar-refractivity contribution in [3.8, 4) is 11.6 Å². The van der Waals surface area contributed by atoms with Gasteiger partial charge in [0.25, 0.3) is 0 Å². The number of hydrogen-bond donors (Lipinski definition) is 1. The molecule has 0 saturated heterocycles. The van der Waals surface area contributed by atoms with Gasteiger partial charge in [0.2, 0.25) is 5.88 Å². The number of methoxy groups -OCH3 is 2. The first kappa shape index (κ1) is 11.3. The fraction of sp³-hybridized carbons (Fsp3) is 0.444. The first-order valence-electron chi connectivity index (χ1n) is 4.04. The number of aliphatic hydroxyl groups is 1. The average Bonchev–Trinajstić information content (AvgIpc) is 2.27. The third-order valence-corrected chi connectivity index (χ3v) is 2.42. The SMILES string of the molecule is COc1cc(C(O)CBr)c(OC)cn1. The Morgan fingerprint density at radius 2 is 2.21 bits per heavy atom. The van der Waals surface area contributed by atoms with Crippen LogP contribution in [0.2, 0.25) is 0 Å². The van der Waals surface area contributed by atoms with E-state index in [1.165, 1.54) is 20.4 Å². The fourth-order valence-electron chi connectivity index (χ4n) is 1.06. The van der Waals surface area contributed by atoms with E-state index in [9.17, 15) is 5.11 Å². The molecule has 0 aliphatic carbocycles. The van der Waals surface area contributed by atoms with Gasteiger partial charge in [-0.25, -0.2) is 4.98 Å². The molecule has 78 valence electrons. The van der Waals surface area contributed by atoms with Gasteiger partial charge >= 0.3 is 0 Å². The van der Waals surface area contributed by atoms with Crippen molar-refractivity contribution in [1.82, 2.24) is 4.98 Å². The van der Waals surface area contributed by atoms with Gasteiger partial charge in [-0.2, -0.15) is 0 Å². The number of pyridine rings is 1. The van der Waals surface area contributed by atoms with E-state index in [0.717, 1.165) is 0 Å². The van der Waals surface area contributed by atoms with E-state index in [-0.39, 0.29) is 0 Å². The van der Waals surface area contributed by atoms with Crippen molar-refractivity contribution >= 4 is 15.9 Å². The molecule has 0 spiro atoms. The summed E-state index contributed by atoms with van der Waals surface area (Å²) >= 11 is 3.19. The Kier molecular flexibility index (Phi) is 4.16. The quantitative estimate of drug-likeness (QED) is 0.836. The van der Waals surface area contributed by atoms with Crippen LogP contribution < -0.4 is 9.47 Å². The van der Waals surface area contributed by atoms with Crippen molar-refractivity contribution < 1.29 is 14.6 Å². The van der Waals surface area contributed by atoms with Crippen LogP contribution in [0.3, 0.4) is 0 Å². The summed E-state index contributed by atoms with van der Waals surface area (Å²) in [6, 6.07) is 1.66. The van der Waals surface area contributed by atoms with E-state index >= 15 is 0 Å². The Bertz CT molecular complexity index is 306. The van der Waals surface area contributed by atoms with Gasteiger partial charge in [0.05, 0.1) is 26.5 Å². The molecule has 1 unspecified atom stereocenters. The number of ether oxygens (including phenoxy) is 2. The molecule has 0 fully saturated rings. The summed E-state index contributed by atoms with van der Waals surface area (Å²) in [4.78, 5) is 3.97. The van der Waals surface area contributed by atoms with Crippen LogP contribution in [0.5, 0.6) is 11.6 Å². The van der Waals surface area contributed by atoms with Gasteiger partial charge in [0.1, 0.15) is 5.75 Å². The Balaban J connectivity index is 3.08. The Morgan fingerprint density at radius 3 is 2.71 bits per heavy atom. The zero-order chi connectivity index (χ0) is 10.6. The Labute approximate surface area is 91.0 Å². The number of hydrogen-bond acceptors (Lipinski definition) is 4. The van der Waals surface area contributed by atoms with Gasteiger partial charge in [0, 0.05) is 17.0 Å². The van der Waals surface area contributed by atoms with Gasteiger partial charge in [-0.15, -0.1) is 0 Å². The second-order valence-electron chi connectivity index (χ2n) is 2.64. The maximum absolute atomic E-state index is 9.65. The van der Waals surface area contributed by atoms with E-state index < -0.39 is 6.10 Å². The molecule has 1 atom stereocenters. The van der Waals surface area contributed by atoms with Crippen molar-refractivity contribution in [2.45, 2.75) is 6.10 Å². The van der Waals surface area contributed by atoms with Crippen molar-refractivity contribution in [3.05, 3.63) is 17.8 Å². The second-order valence-corrected chi connectivity index (χ2v) is 3.29. The molecule has 0 aliphatic rings. The lowest BCUT2D eigenvalue weighted by Gasteiger charge is -2.12. The lowest BCUT2D eigenvalue weighted by Crippen LogP contribution is -2.03. The third kappa shape index (κ3) is 2.36. The minimum Gasteiger partial charge on any atom is -0.495 e. The maximum Gasteiger partial charge on any atom is 0.213 e. The molecule has 4 nitrogen and oxygen atoms in total. The summed E-state index contributed by atoms with van der Waals surface area (Å²) in [5.74, 6) is 1.01. The van der Waals surface area contributed by atoms with Crippen LogP contribution in [-0.2, 0) is 0 Å². The van der Waals surface area contributed by atoms with Crippen LogP contribution in [0.4, 0.5) is 0 Å². The highest BCUT2D eigenvalue weighted by molar-refractivity contribution is 9.09. The molecule has 1 heterocycles. The smallest absolute Gasteiger partial charge is 0.213 e. The summed E-state index contributed by atoms with van der Waals surface area (Å²) in [6.45, 7) is 0. The van der Waals surface area contributed by atoms with Crippen LogP contribution in [0.1, 0.15) is 11.7 Å². The number of nitrogens with zero attached hydrogens (tertiary/aromatic N) is 1. The van der Waals surface area contributed by atoms with Crippen LogP contribution in [0.25, 0.3) is 0 Å². The third-order valence-electron chi connectivity index (χ3n) is 1.81. The molecule has 1 aromatic rings. The minimum absolute atomic E-state index is 0.441. The number of halogens is 1. The van der Waals surface area contributed by atoms with Gasteiger partial charge in [-0.3, -0.25) is 0 Å². The zero-order valence-electron chi connectivity index (χ0n) is 8.03. The second kappa shape index (κ2) is 5.17. The van der Waals surface area contributed by atoms with E-state index in [0.29, 0.717) is 22.5 Å². The lowest BCUT2D eigenvalue weighted by molar-refractivity contribution is 0.199. The van der Waals surface area contributed by atoms with Crippen LogP contribution in [-0.4, -0.2) is 29.6 Å². The molecule has 0 radical (unpaired) electrons. The largest absolute Gasteiger partial charge is 0.495 e. The predicted octanol–water partition coefficient (Wildman–Crippen LogP) is 1.53. The zero-order valence-corrected chi connectivity index (χ0v) is 9.61. The average molecular weight is 262 g/mol. The van der Waals surface area contributed by atoms with Crippen LogP contribution in [0, 0.1) is 0 Å². The van der Waals surface area contributed by atoms with Crippen LogP contribution >= 0.6 is 15.9 Å². The van der Waals surface area contributed by atoms with Crippen LogP contribution in [0.15, 0.2) is 12.3 Å². The molecule has 0 bridgehead atoms. The molecule has 0 amide bonds. The van der Waals surface area contributed by atoms with E-state index in [1.807, 2.05) is 0 Å². The summed E-state index contributed by atoms with van der Waals surface area (Å²) in [5, 5.41) is 10.1. The molecular weight excluding hydrogens is 250 g/mol. The topological polar surface area (TPSA) is 51.6 Å². The molecule has 0 aliphatic heterocycles. The molecule has 1 rings (SSSR count). The summed E-state index contributed by atoms with van der Waals surface area (Å²) in [6.07, 6.45) is 0.905. The van der Waals surface area contributed by atoms with Crippen molar-refractivity contribution in [3.63, 3.8) is 0 Å². The first-order chi connectivity index (χ1) is 6.72. The molecule has 1 aromatic heterocycles. The monoisotopic (exact) mass is 261 g/mol. The van der Waals surface area contributed by atoms with Crippen molar-refractivity contribution in [2.75, 3.05) is 19.5 Å². The van der Waals surface area contributed by atoms with Gasteiger partial charge in [-0.05, 0) is 0 Å². The highest BCUT2D eigenvalue weighted by Crippen LogP contribution is 2.28. The predicted molar refractivity (Wildman–Crippen MR) is 56.1 cm³/mol. The summed E-state index contributed by atoms with van der Waals surface area (Å²) in [5.41, 5.74) is 0.663. The van der Waals surface area contributed by atoms with Gasteiger partial charge in [0.15, 0.2) is 0 Å². The van der Waals surface area contributed by atoms with E-state index in [2.05, 4.69) is 20.9 Å². The fourth-order valence-corrected chi connectivity index (χ4v) is 1.41. The summed E-state index contributed by atoms with van der Waals surface area (Å²) < 4.78 is 10.0. The minimum atomic E-state index is -0.623. The van der Waals surface area contributed by atoms with Gasteiger partial charge < -0.3 is 14.6 Å². The van der Waals surface area contributed by atoms with E-state index in [1.54, 1.807) is 6.07 Å². The molecule has 14 heavy (non-hydrogen) atoms. The first-order valence-corrected chi connectivity index (χ1v) is 5.17. The molecule has 0 aromatic carbocycles. The number of aliphatic hydroxyl groups excluding tert-OH is 1. The molecule has 0 saturated carbocycles.